The van der Waals surface area contributed by atoms with Gasteiger partial charge in [-0.2, -0.15) is 0 Å². The number of nitrogens with zero attached hydrogens (tertiary/aromatic N) is 1. The predicted octanol–water partition coefficient (Wildman–Crippen LogP) is 4.55. The number of aromatic nitrogens is 1. The average molecular weight is 333 g/mol. The van der Waals surface area contributed by atoms with Crippen LogP contribution in [0.1, 0.15) is 41.6 Å². The molecule has 0 amide bonds. The monoisotopic (exact) mass is 332 g/mol. The highest BCUT2D eigenvalue weighted by Crippen LogP contribution is 2.26. The summed E-state index contributed by atoms with van der Waals surface area (Å²) in [6.45, 7) is 7.48. The highest BCUT2D eigenvalue weighted by atomic mass is 79.9. The molecule has 2 aromatic rings. The fourth-order valence-electron chi connectivity index (χ4n) is 2.43. The van der Waals surface area contributed by atoms with Gasteiger partial charge in [-0.3, -0.25) is 4.98 Å². The maximum atomic E-state index is 4.30. The molecule has 0 fully saturated rings. The number of rotatable bonds is 5. The van der Waals surface area contributed by atoms with Crippen LogP contribution in [0.15, 0.2) is 41.1 Å². The molecule has 0 aliphatic heterocycles. The van der Waals surface area contributed by atoms with Gasteiger partial charge < -0.3 is 5.32 Å². The predicted molar refractivity (Wildman–Crippen MR) is 88.0 cm³/mol. The molecule has 0 radical (unpaired) electrons. The minimum atomic E-state index is 0.195. The normalized spacial score (nSPS) is 12.4. The van der Waals surface area contributed by atoms with Crippen LogP contribution in [0, 0.1) is 13.8 Å². The molecule has 0 spiro atoms. The minimum Gasteiger partial charge on any atom is -0.306 e. The molecule has 3 heteroatoms. The van der Waals surface area contributed by atoms with Crippen molar-refractivity contribution in [2.24, 2.45) is 0 Å². The molecule has 1 aromatic carbocycles. The van der Waals surface area contributed by atoms with Crippen molar-refractivity contribution in [1.82, 2.24) is 10.3 Å². The summed E-state index contributed by atoms with van der Waals surface area (Å²) in [5, 5.41) is 3.63. The average Bonchev–Trinajstić information content (AvgIpc) is 2.41. The number of pyridine rings is 1. The van der Waals surface area contributed by atoms with Crippen LogP contribution in [0.3, 0.4) is 0 Å². The lowest BCUT2D eigenvalue weighted by Gasteiger charge is -2.21. The zero-order valence-electron chi connectivity index (χ0n) is 12.3. The Morgan fingerprint density at radius 1 is 1.20 bits per heavy atom. The molecule has 0 saturated carbocycles. The van der Waals surface area contributed by atoms with Crippen LogP contribution in [-0.4, -0.2) is 11.5 Å². The molecule has 1 atom stereocenters. The van der Waals surface area contributed by atoms with Gasteiger partial charge in [-0.1, -0.05) is 30.7 Å². The highest BCUT2D eigenvalue weighted by Gasteiger charge is 2.16. The standard InChI is InChI=1S/C17H21BrN2/c1-4-7-20-17(14-9-15(18)11-19-10-14)16-6-5-12(2)8-13(16)3/h5-6,8-11,17,20H,4,7H2,1-3H3. The number of aryl methyl sites for hydroxylation is 2. The molecule has 0 bridgehead atoms. The first-order valence-electron chi connectivity index (χ1n) is 7.02. The number of nitrogens with one attached hydrogen (secondary N) is 1. The Morgan fingerprint density at radius 3 is 2.65 bits per heavy atom. The molecular formula is C17H21BrN2. The van der Waals surface area contributed by atoms with Crippen molar-refractivity contribution in [2.45, 2.75) is 33.2 Å². The van der Waals surface area contributed by atoms with Crippen LogP contribution >= 0.6 is 15.9 Å². The number of benzene rings is 1. The molecule has 1 heterocycles. The third kappa shape index (κ3) is 3.68. The zero-order chi connectivity index (χ0) is 14.5. The van der Waals surface area contributed by atoms with Crippen LogP contribution in [0.25, 0.3) is 0 Å². The smallest absolute Gasteiger partial charge is 0.0594 e. The van der Waals surface area contributed by atoms with E-state index in [4.69, 9.17) is 0 Å². The minimum absolute atomic E-state index is 0.195. The van der Waals surface area contributed by atoms with Crippen LogP contribution in [0.5, 0.6) is 0 Å². The summed E-state index contributed by atoms with van der Waals surface area (Å²) in [5.41, 5.74) is 5.13. The van der Waals surface area contributed by atoms with Crippen molar-refractivity contribution in [3.05, 3.63) is 63.4 Å². The van der Waals surface area contributed by atoms with Gasteiger partial charge in [-0.25, -0.2) is 0 Å². The molecule has 1 N–H and O–H groups in total. The van der Waals surface area contributed by atoms with Gasteiger partial charge in [0.15, 0.2) is 0 Å². The van der Waals surface area contributed by atoms with Gasteiger partial charge in [0, 0.05) is 16.9 Å². The maximum absolute atomic E-state index is 4.30. The summed E-state index contributed by atoms with van der Waals surface area (Å²) < 4.78 is 1.02. The Hall–Kier alpha value is -1.19. The van der Waals surface area contributed by atoms with Crippen molar-refractivity contribution in [2.75, 3.05) is 6.54 Å². The maximum Gasteiger partial charge on any atom is 0.0594 e. The zero-order valence-corrected chi connectivity index (χ0v) is 13.9. The van der Waals surface area contributed by atoms with Crippen molar-refractivity contribution >= 4 is 15.9 Å². The Bertz CT molecular complexity index is 581. The van der Waals surface area contributed by atoms with E-state index in [0.717, 1.165) is 17.4 Å². The molecule has 2 nitrogen and oxygen atoms in total. The summed E-state index contributed by atoms with van der Waals surface area (Å²) in [4.78, 5) is 4.30. The second kappa shape index (κ2) is 7.00. The van der Waals surface area contributed by atoms with E-state index in [1.54, 1.807) is 0 Å². The summed E-state index contributed by atoms with van der Waals surface area (Å²) >= 11 is 3.51. The van der Waals surface area contributed by atoms with E-state index in [9.17, 15) is 0 Å². The fraction of sp³-hybridized carbons (Fsp3) is 0.353. The van der Waals surface area contributed by atoms with E-state index in [1.807, 2.05) is 12.4 Å². The first kappa shape index (κ1) is 15.2. The van der Waals surface area contributed by atoms with Crippen LogP contribution in [-0.2, 0) is 0 Å². The third-order valence-corrected chi connectivity index (χ3v) is 3.83. The molecular weight excluding hydrogens is 312 g/mol. The summed E-state index contributed by atoms with van der Waals surface area (Å²) in [5.74, 6) is 0. The van der Waals surface area contributed by atoms with Crippen LogP contribution < -0.4 is 5.32 Å². The third-order valence-electron chi connectivity index (χ3n) is 3.39. The number of hydrogen-bond acceptors (Lipinski definition) is 2. The molecule has 20 heavy (non-hydrogen) atoms. The number of halogens is 1. The fourth-order valence-corrected chi connectivity index (χ4v) is 2.81. The van der Waals surface area contributed by atoms with E-state index in [2.05, 4.69) is 71.3 Å². The van der Waals surface area contributed by atoms with E-state index in [0.29, 0.717) is 0 Å². The SMILES string of the molecule is CCCNC(c1cncc(Br)c1)c1ccc(C)cc1C. The second-order valence-corrected chi connectivity index (χ2v) is 6.10. The van der Waals surface area contributed by atoms with Gasteiger partial charge in [0.05, 0.1) is 6.04 Å². The second-order valence-electron chi connectivity index (χ2n) is 5.18. The first-order chi connectivity index (χ1) is 9.61. The summed E-state index contributed by atoms with van der Waals surface area (Å²) in [6, 6.07) is 8.97. The summed E-state index contributed by atoms with van der Waals surface area (Å²) in [7, 11) is 0. The summed E-state index contributed by atoms with van der Waals surface area (Å²) in [6.07, 6.45) is 4.88. The molecule has 2 rings (SSSR count). The van der Waals surface area contributed by atoms with E-state index < -0.39 is 0 Å². The molecule has 1 unspecified atom stereocenters. The van der Waals surface area contributed by atoms with Gasteiger partial charge in [0.2, 0.25) is 0 Å². The molecule has 0 aliphatic rings. The topological polar surface area (TPSA) is 24.9 Å². The molecule has 0 aliphatic carbocycles. The lowest BCUT2D eigenvalue weighted by Crippen LogP contribution is -2.24. The highest BCUT2D eigenvalue weighted by molar-refractivity contribution is 9.10. The Kier molecular flexibility index (Phi) is 5.32. The Labute approximate surface area is 129 Å². The van der Waals surface area contributed by atoms with Gasteiger partial charge in [-0.05, 0) is 65.5 Å². The van der Waals surface area contributed by atoms with E-state index in [-0.39, 0.29) is 6.04 Å². The van der Waals surface area contributed by atoms with Crippen molar-refractivity contribution in [3.63, 3.8) is 0 Å². The van der Waals surface area contributed by atoms with Crippen LogP contribution in [0.4, 0.5) is 0 Å². The van der Waals surface area contributed by atoms with Gasteiger partial charge in [-0.15, -0.1) is 0 Å². The molecule has 0 saturated heterocycles. The quantitative estimate of drug-likeness (QED) is 0.868. The lowest BCUT2D eigenvalue weighted by atomic mass is 9.94. The van der Waals surface area contributed by atoms with Gasteiger partial charge >= 0.3 is 0 Å². The van der Waals surface area contributed by atoms with E-state index >= 15 is 0 Å². The number of hydrogen-bond donors (Lipinski definition) is 1. The lowest BCUT2D eigenvalue weighted by molar-refractivity contribution is 0.594. The first-order valence-corrected chi connectivity index (χ1v) is 7.82. The largest absolute Gasteiger partial charge is 0.306 e. The van der Waals surface area contributed by atoms with Crippen molar-refractivity contribution < 1.29 is 0 Å². The van der Waals surface area contributed by atoms with Gasteiger partial charge in [0.25, 0.3) is 0 Å². The van der Waals surface area contributed by atoms with Gasteiger partial charge in [0.1, 0.15) is 0 Å². The Balaban J connectivity index is 2.41. The van der Waals surface area contributed by atoms with Crippen molar-refractivity contribution in [3.8, 4) is 0 Å². The van der Waals surface area contributed by atoms with Crippen LogP contribution in [0.2, 0.25) is 0 Å². The van der Waals surface area contributed by atoms with Crippen molar-refractivity contribution in [1.29, 1.82) is 0 Å². The molecule has 106 valence electrons. The Morgan fingerprint density at radius 2 is 2.00 bits per heavy atom. The molecule has 1 aromatic heterocycles. The van der Waals surface area contributed by atoms with E-state index in [1.165, 1.54) is 22.3 Å².